The third-order valence-electron chi connectivity index (χ3n) is 2.50. The molecule has 0 aliphatic rings. The molecule has 0 saturated heterocycles. The summed E-state index contributed by atoms with van der Waals surface area (Å²) >= 11 is 3.18. The number of hydrogen-bond acceptors (Lipinski definition) is 5. The number of carbonyl (C=O) groups is 1. The summed E-state index contributed by atoms with van der Waals surface area (Å²) in [5.41, 5.74) is 0. The quantitative estimate of drug-likeness (QED) is 0.598. The van der Waals surface area contributed by atoms with E-state index in [1.54, 1.807) is 24.2 Å². The zero-order chi connectivity index (χ0) is 14.2. The minimum Gasteiger partial charge on any atom is -0.468 e. The lowest BCUT2D eigenvalue weighted by atomic mass is 10.5. The van der Waals surface area contributed by atoms with Crippen LogP contribution in [-0.4, -0.2) is 33.5 Å². The summed E-state index contributed by atoms with van der Waals surface area (Å²) in [6.07, 6.45) is 5.27. The number of carbonyl (C=O) groups excluding carboxylic acids is 1. The lowest BCUT2D eigenvalue weighted by Gasteiger charge is -2.04. The predicted molar refractivity (Wildman–Crippen MR) is 81.8 cm³/mol. The first-order valence-corrected chi connectivity index (χ1v) is 8.36. The minimum atomic E-state index is 0.0385. The molecule has 5 nitrogen and oxygen atoms in total. The lowest BCUT2D eigenvalue weighted by Crippen LogP contribution is -2.27. The Bertz CT molecular complexity index is 525. The highest BCUT2D eigenvalue weighted by atomic mass is 32.2. The average molecular weight is 311 g/mol. The normalized spacial score (nSPS) is 10.7. The van der Waals surface area contributed by atoms with Gasteiger partial charge in [-0.25, -0.2) is 4.98 Å². The molecular weight excluding hydrogens is 294 g/mol. The van der Waals surface area contributed by atoms with Crippen LogP contribution in [0.25, 0.3) is 0 Å². The molecular formula is C13H17N3O2S2. The van der Waals surface area contributed by atoms with E-state index in [0.29, 0.717) is 12.3 Å². The monoisotopic (exact) mass is 311 g/mol. The van der Waals surface area contributed by atoms with E-state index >= 15 is 0 Å². The average Bonchev–Trinajstić information content (AvgIpc) is 3.08. The van der Waals surface area contributed by atoms with Gasteiger partial charge >= 0.3 is 0 Å². The molecule has 0 atom stereocenters. The van der Waals surface area contributed by atoms with E-state index in [1.807, 2.05) is 29.9 Å². The molecule has 0 aliphatic heterocycles. The van der Waals surface area contributed by atoms with Gasteiger partial charge in [0.1, 0.15) is 5.76 Å². The van der Waals surface area contributed by atoms with Crippen LogP contribution in [-0.2, 0) is 17.6 Å². The second-order valence-electron chi connectivity index (χ2n) is 4.09. The molecule has 2 aromatic heterocycles. The number of rotatable bonds is 8. The Kier molecular flexibility index (Phi) is 6.07. The van der Waals surface area contributed by atoms with E-state index in [0.717, 1.165) is 22.4 Å². The number of nitrogens with one attached hydrogen (secondary N) is 1. The second kappa shape index (κ2) is 8.06. The lowest BCUT2D eigenvalue weighted by molar-refractivity contribution is -0.118. The molecule has 0 bridgehead atoms. The highest BCUT2D eigenvalue weighted by molar-refractivity contribution is 7.99. The van der Waals surface area contributed by atoms with E-state index in [9.17, 15) is 4.79 Å². The SMILES string of the molecule is Cn1ccnc1SCC(=O)NCCSCc1ccco1. The van der Waals surface area contributed by atoms with Crippen molar-refractivity contribution < 1.29 is 9.21 Å². The van der Waals surface area contributed by atoms with E-state index in [-0.39, 0.29) is 5.91 Å². The summed E-state index contributed by atoms with van der Waals surface area (Å²) in [6.45, 7) is 0.672. The second-order valence-corrected chi connectivity index (χ2v) is 6.14. The Morgan fingerprint density at radius 2 is 2.45 bits per heavy atom. The van der Waals surface area contributed by atoms with Gasteiger partial charge in [0, 0.05) is 31.7 Å². The van der Waals surface area contributed by atoms with Crippen molar-refractivity contribution >= 4 is 29.4 Å². The standard InChI is InChI=1S/C13H17N3O2S2/c1-16-6-4-15-13(16)20-10-12(17)14-5-8-19-9-11-3-2-7-18-11/h2-4,6-7H,5,8-10H2,1H3,(H,14,17). The van der Waals surface area contributed by atoms with Gasteiger partial charge in [-0.3, -0.25) is 4.79 Å². The molecule has 0 aliphatic carbocycles. The van der Waals surface area contributed by atoms with Crippen LogP contribution in [0.4, 0.5) is 0 Å². The topological polar surface area (TPSA) is 60.1 Å². The largest absolute Gasteiger partial charge is 0.468 e. The van der Waals surface area contributed by atoms with E-state index in [2.05, 4.69) is 10.3 Å². The molecule has 0 aromatic carbocycles. The van der Waals surface area contributed by atoms with Crippen molar-refractivity contribution in [3.63, 3.8) is 0 Å². The van der Waals surface area contributed by atoms with Crippen LogP contribution in [0.3, 0.4) is 0 Å². The Hall–Kier alpha value is -1.34. The number of thioether (sulfide) groups is 2. The van der Waals surface area contributed by atoms with Crippen LogP contribution in [0, 0.1) is 0 Å². The number of amides is 1. The van der Waals surface area contributed by atoms with Crippen LogP contribution >= 0.6 is 23.5 Å². The van der Waals surface area contributed by atoms with E-state index < -0.39 is 0 Å². The maximum absolute atomic E-state index is 11.6. The van der Waals surface area contributed by atoms with Gasteiger partial charge < -0.3 is 14.3 Å². The Labute approximate surface area is 126 Å². The third-order valence-corrected chi connectivity index (χ3v) is 4.54. The van der Waals surface area contributed by atoms with Crippen LogP contribution in [0.1, 0.15) is 5.76 Å². The first-order valence-electron chi connectivity index (χ1n) is 6.22. The van der Waals surface area contributed by atoms with Crippen LogP contribution in [0.5, 0.6) is 0 Å². The van der Waals surface area contributed by atoms with Crippen molar-refractivity contribution in [2.45, 2.75) is 10.9 Å². The fourth-order valence-electron chi connectivity index (χ4n) is 1.50. The van der Waals surface area contributed by atoms with Crippen molar-refractivity contribution in [2.24, 2.45) is 7.05 Å². The van der Waals surface area contributed by atoms with Crippen molar-refractivity contribution in [3.05, 3.63) is 36.5 Å². The van der Waals surface area contributed by atoms with Gasteiger partial charge in [-0.1, -0.05) is 11.8 Å². The molecule has 1 N–H and O–H groups in total. The Balaban J connectivity index is 1.53. The molecule has 1 amide bonds. The number of aryl methyl sites for hydroxylation is 1. The molecule has 0 spiro atoms. The fourth-order valence-corrected chi connectivity index (χ4v) is 3.02. The molecule has 2 rings (SSSR count). The van der Waals surface area contributed by atoms with Crippen molar-refractivity contribution in [3.8, 4) is 0 Å². The molecule has 7 heteroatoms. The Morgan fingerprint density at radius 1 is 1.55 bits per heavy atom. The number of imidazole rings is 1. The molecule has 0 saturated carbocycles. The number of hydrogen-bond donors (Lipinski definition) is 1. The highest BCUT2D eigenvalue weighted by Gasteiger charge is 2.05. The van der Waals surface area contributed by atoms with Crippen molar-refractivity contribution in [1.82, 2.24) is 14.9 Å². The maximum Gasteiger partial charge on any atom is 0.230 e. The Morgan fingerprint density at radius 3 is 3.15 bits per heavy atom. The van der Waals surface area contributed by atoms with Crippen LogP contribution in [0.15, 0.2) is 40.4 Å². The van der Waals surface area contributed by atoms with E-state index in [4.69, 9.17) is 4.42 Å². The van der Waals surface area contributed by atoms with E-state index in [1.165, 1.54) is 11.8 Å². The van der Waals surface area contributed by atoms with Crippen molar-refractivity contribution in [1.29, 1.82) is 0 Å². The summed E-state index contributed by atoms with van der Waals surface area (Å²) in [4.78, 5) is 15.8. The molecule has 20 heavy (non-hydrogen) atoms. The van der Waals surface area contributed by atoms with Crippen LogP contribution in [0.2, 0.25) is 0 Å². The number of furan rings is 1. The summed E-state index contributed by atoms with van der Waals surface area (Å²) in [5, 5.41) is 3.75. The van der Waals surface area contributed by atoms with Gasteiger partial charge in [-0.2, -0.15) is 11.8 Å². The molecule has 108 valence electrons. The fraction of sp³-hybridized carbons (Fsp3) is 0.385. The number of aromatic nitrogens is 2. The smallest absolute Gasteiger partial charge is 0.230 e. The summed E-state index contributed by atoms with van der Waals surface area (Å²) in [6, 6.07) is 3.83. The van der Waals surface area contributed by atoms with Gasteiger partial charge in [0.05, 0.1) is 17.8 Å². The molecule has 2 aromatic rings. The molecule has 0 unspecified atom stereocenters. The van der Waals surface area contributed by atoms with Gasteiger partial charge in [-0.05, 0) is 12.1 Å². The van der Waals surface area contributed by atoms with Crippen LogP contribution < -0.4 is 5.32 Å². The first kappa shape index (κ1) is 15.1. The summed E-state index contributed by atoms with van der Waals surface area (Å²) < 4.78 is 7.13. The van der Waals surface area contributed by atoms with Gasteiger partial charge in [0.2, 0.25) is 5.91 Å². The first-order chi connectivity index (χ1) is 9.75. The third kappa shape index (κ3) is 4.97. The summed E-state index contributed by atoms with van der Waals surface area (Å²) in [5.74, 6) is 3.11. The molecule has 2 heterocycles. The molecule has 0 fully saturated rings. The minimum absolute atomic E-state index is 0.0385. The van der Waals surface area contributed by atoms with Crippen molar-refractivity contribution in [2.75, 3.05) is 18.1 Å². The zero-order valence-corrected chi connectivity index (χ0v) is 12.9. The highest BCUT2D eigenvalue weighted by Crippen LogP contribution is 2.14. The number of nitrogens with zero attached hydrogens (tertiary/aromatic N) is 2. The zero-order valence-electron chi connectivity index (χ0n) is 11.2. The van der Waals surface area contributed by atoms with Gasteiger partial charge in [0.15, 0.2) is 5.16 Å². The maximum atomic E-state index is 11.6. The molecule has 0 radical (unpaired) electrons. The van der Waals surface area contributed by atoms with Gasteiger partial charge in [0.25, 0.3) is 0 Å². The van der Waals surface area contributed by atoms with Gasteiger partial charge in [-0.15, -0.1) is 0 Å². The summed E-state index contributed by atoms with van der Waals surface area (Å²) in [7, 11) is 1.92. The predicted octanol–water partition coefficient (Wildman–Crippen LogP) is 2.15.